The van der Waals surface area contributed by atoms with Crippen molar-refractivity contribution >= 4 is 47.8 Å². The zero-order valence-corrected chi connectivity index (χ0v) is 19.0. The van der Waals surface area contributed by atoms with Gasteiger partial charge >= 0.3 is 0 Å². The Morgan fingerprint density at radius 1 is 0.615 bits per heavy atom. The van der Waals surface area contributed by atoms with Crippen molar-refractivity contribution in [2.75, 3.05) is 0 Å². The summed E-state index contributed by atoms with van der Waals surface area (Å²) < 4.78 is 3.39. The van der Waals surface area contributed by atoms with Crippen molar-refractivity contribution in [2.24, 2.45) is 0 Å². The lowest BCUT2D eigenvalue weighted by molar-refractivity contribution is 1.01. The van der Waals surface area contributed by atoms with E-state index in [1.165, 1.54) is 22.3 Å². The first kappa shape index (κ1) is 19.6. The average molecular weight is 535 g/mol. The van der Waals surface area contributed by atoms with Gasteiger partial charge in [-0.2, -0.15) is 0 Å². The van der Waals surface area contributed by atoms with Crippen LogP contribution in [0.2, 0.25) is 0 Å². The molecule has 0 heterocycles. The van der Waals surface area contributed by atoms with E-state index in [0.717, 1.165) is 32.7 Å². The van der Waals surface area contributed by atoms with E-state index in [2.05, 4.69) is 127 Å². The van der Waals surface area contributed by atoms with Crippen LogP contribution < -0.4 is 0 Å². The molecule has 0 spiro atoms. The van der Waals surface area contributed by atoms with Crippen molar-refractivity contribution in [1.82, 2.24) is 0 Å². The van der Waals surface area contributed by atoms with Gasteiger partial charge in [0.1, 0.15) is 0 Å². The molecule has 0 saturated carbocycles. The first-order valence-electron chi connectivity index (χ1n) is 8.50. The second-order valence-corrected chi connectivity index (χ2v) is 9.06. The van der Waals surface area contributed by atoms with E-state index in [4.69, 9.17) is 0 Å². The van der Waals surface area contributed by atoms with Crippen LogP contribution in [-0.2, 0) is 19.3 Å². The molecule has 132 valence electrons. The van der Waals surface area contributed by atoms with E-state index in [0.29, 0.717) is 0 Å². The molecule has 3 rings (SSSR count). The van der Waals surface area contributed by atoms with Crippen LogP contribution in [0.4, 0.5) is 0 Å². The van der Waals surface area contributed by atoms with E-state index >= 15 is 0 Å². The normalized spacial score (nSPS) is 10.6. The summed E-state index contributed by atoms with van der Waals surface area (Å²) in [5.74, 6) is 0. The smallest absolute Gasteiger partial charge is 0.0178 e. The van der Waals surface area contributed by atoms with Crippen molar-refractivity contribution in [3.05, 3.63) is 115 Å². The number of halogens is 3. The Morgan fingerprint density at radius 3 is 1.50 bits per heavy atom. The second-order valence-electron chi connectivity index (χ2n) is 6.31. The molecule has 3 heteroatoms. The highest BCUT2D eigenvalue weighted by molar-refractivity contribution is 9.11. The van der Waals surface area contributed by atoms with Gasteiger partial charge in [0.2, 0.25) is 0 Å². The van der Waals surface area contributed by atoms with Crippen LogP contribution in [0.3, 0.4) is 0 Å². The summed E-state index contributed by atoms with van der Waals surface area (Å²) in [4.78, 5) is 0. The summed E-state index contributed by atoms with van der Waals surface area (Å²) in [6.07, 6.45) is 5.24. The van der Waals surface area contributed by atoms with Crippen molar-refractivity contribution in [2.45, 2.75) is 19.3 Å². The van der Waals surface area contributed by atoms with Gasteiger partial charge in [0.05, 0.1) is 0 Å². The predicted molar refractivity (Wildman–Crippen MR) is 122 cm³/mol. The molecule has 0 saturated heterocycles. The first-order chi connectivity index (χ1) is 12.6. The van der Waals surface area contributed by atoms with Crippen molar-refractivity contribution in [1.29, 1.82) is 0 Å². The second kappa shape index (κ2) is 9.68. The Labute approximate surface area is 180 Å². The van der Waals surface area contributed by atoms with Crippen LogP contribution in [-0.4, -0.2) is 0 Å². The van der Waals surface area contributed by atoms with E-state index < -0.39 is 0 Å². The molecular formula is C23H19Br3. The lowest BCUT2D eigenvalue weighted by Crippen LogP contribution is -1.97. The average Bonchev–Trinajstić information content (AvgIpc) is 2.60. The van der Waals surface area contributed by atoms with Crippen molar-refractivity contribution in [3.63, 3.8) is 0 Å². The molecule has 0 aliphatic rings. The molecule has 0 aliphatic carbocycles. The van der Waals surface area contributed by atoms with Crippen molar-refractivity contribution in [3.8, 4) is 0 Å². The Hall–Kier alpha value is -1.16. The van der Waals surface area contributed by atoms with Crippen LogP contribution in [0.25, 0.3) is 0 Å². The fraction of sp³-hybridized carbons (Fsp3) is 0.130. The molecule has 3 aromatic carbocycles. The zero-order valence-electron chi connectivity index (χ0n) is 14.3. The molecule has 0 N–H and O–H groups in total. The molecule has 0 aliphatic heterocycles. The molecule has 0 nitrogen and oxygen atoms in total. The number of rotatable bonds is 6. The molecule has 0 atom stereocenters. The minimum absolute atomic E-state index is 0.941. The third kappa shape index (κ3) is 6.22. The summed E-state index contributed by atoms with van der Waals surface area (Å²) in [6.45, 7) is 0. The fourth-order valence-corrected chi connectivity index (χ4v) is 4.29. The molecular weight excluding hydrogens is 516 g/mol. The van der Waals surface area contributed by atoms with E-state index in [-0.39, 0.29) is 0 Å². The maximum absolute atomic E-state index is 3.58. The van der Waals surface area contributed by atoms with Gasteiger partial charge in [-0.25, -0.2) is 0 Å². The highest BCUT2D eigenvalue weighted by Gasteiger charge is 2.04. The number of hydrogen-bond donors (Lipinski definition) is 0. The zero-order chi connectivity index (χ0) is 18.4. The molecule has 0 unspecified atom stereocenters. The first-order valence-corrected chi connectivity index (χ1v) is 10.9. The monoisotopic (exact) mass is 532 g/mol. The minimum Gasteiger partial charge on any atom is -0.0803 e. The Morgan fingerprint density at radius 2 is 1.04 bits per heavy atom. The standard InChI is InChI=1S/C23H19Br3/c24-21-7-1-4-17(14-21)10-11-20(12-18-5-2-8-22(25)15-18)13-19-6-3-9-23(26)16-19/h1-9,11,14-16H,10,12-13H2. The summed E-state index contributed by atoms with van der Waals surface area (Å²) in [5.41, 5.74) is 5.41. The molecule has 0 bridgehead atoms. The molecule has 26 heavy (non-hydrogen) atoms. The summed E-state index contributed by atoms with van der Waals surface area (Å²) in [7, 11) is 0. The minimum atomic E-state index is 0.941. The molecule has 0 amide bonds. The number of benzene rings is 3. The van der Waals surface area contributed by atoms with Crippen molar-refractivity contribution < 1.29 is 0 Å². The molecule has 0 fully saturated rings. The van der Waals surface area contributed by atoms with Gasteiger partial charge in [0.25, 0.3) is 0 Å². The van der Waals surface area contributed by atoms with E-state index in [9.17, 15) is 0 Å². The summed E-state index contributed by atoms with van der Waals surface area (Å²) >= 11 is 10.7. The Balaban J connectivity index is 1.83. The maximum atomic E-state index is 3.58. The van der Waals surface area contributed by atoms with Crippen LogP contribution in [0.15, 0.2) is 97.9 Å². The Kier molecular flexibility index (Phi) is 7.30. The predicted octanol–water partition coefficient (Wildman–Crippen LogP) is 7.93. The van der Waals surface area contributed by atoms with E-state index in [1.54, 1.807) is 0 Å². The number of allylic oxidation sites excluding steroid dienone is 2. The lowest BCUT2D eigenvalue weighted by atomic mass is 9.96. The van der Waals surface area contributed by atoms with Crippen LogP contribution in [0, 0.1) is 0 Å². The van der Waals surface area contributed by atoms with Crippen LogP contribution >= 0.6 is 47.8 Å². The lowest BCUT2D eigenvalue weighted by Gasteiger charge is -2.10. The van der Waals surface area contributed by atoms with E-state index in [1.807, 2.05) is 0 Å². The van der Waals surface area contributed by atoms with Gasteiger partial charge in [-0.05, 0) is 72.4 Å². The molecule has 0 radical (unpaired) electrons. The summed E-state index contributed by atoms with van der Waals surface area (Å²) in [6, 6.07) is 25.7. The van der Waals surface area contributed by atoms with Gasteiger partial charge in [0, 0.05) is 13.4 Å². The van der Waals surface area contributed by atoms with Crippen LogP contribution in [0.5, 0.6) is 0 Å². The van der Waals surface area contributed by atoms with Gasteiger partial charge in [0.15, 0.2) is 0 Å². The molecule has 3 aromatic rings. The fourth-order valence-electron chi connectivity index (χ4n) is 2.95. The quantitative estimate of drug-likeness (QED) is 0.282. The third-order valence-corrected chi connectivity index (χ3v) is 5.64. The SMILES string of the molecule is Brc1cccc(CC=C(Cc2cccc(Br)c2)Cc2cccc(Br)c2)c1. The van der Waals surface area contributed by atoms with Gasteiger partial charge in [-0.1, -0.05) is 95.8 Å². The van der Waals surface area contributed by atoms with Gasteiger partial charge < -0.3 is 0 Å². The van der Waals surface area contributed by atoms with Gasteiger partial charge in [-0.3, -0.25) is 0 Å². The topological polar surface area (TPSA) is 0 Å². The highest BCUT2D eigenvalue weighted by Crippen LogP contribution is 2.21. The van der Waals surface area contributed by atoms with Crippen LogP contribution in [0.1, 0.15) is 16.7 Å². The molecule has 0 aromatic heterocycles. The highest BCUT2D eigenvalue weighted by atomic mass is 79.9. The Bertz CT molecular complexity index is 863. The number of hydrogen-bond acceptors (Lipinski definition) is 0. The third-order valence-electron chi connectivity index (χ3n) is 4.16. The summed E-state index contributed by atoms with van der Waals surface area (Å²) in [5, 5.41) is 0. The maximum Gasteiger partial charge on any atom is 0.0178 e. The van der Waals surface area contributed by atoms with Gasteiger partial charge in [-0.15, -0.1) is 0 Å². The largest absolute Gasteiger partial charge is 0.0803 e.